The summed E-state index contributed by atoms with van der Waals surface area (Å²) >= 11 is 0. The Morgan fingerprint density at radius 3 is 2.00 bits per heavy atom. The maximum Gasteiger partial charge on any atom is 0.192 e. The van der Waals surface area contributed by atoms with Crippen LogP contribution in [0.4, 0.5) is 0 Å². The summed E-state index contributed by atoms with van der Waals surface area (Å²) in [4.78, 5) is 0. The van der Waals surface area contributed by atoms with Crippen molar-refractivity contribution in [3.8, 4) is 0 Å². The molecule has 0 aliphatic heterocycles. The van der Waals surface area contributed by atoms with Gasteiger partial charge >= 0.3 is 0 Å². The summed E-state index contributed by atoms with van der Waals surface area (Å²) in [5.41, 5.74) is 0. The van der Waals surface area contributed by atoms with Gasteiger partial charge in [0.2, 0.25) is 0 Å². The maximum atomic E-state index is 6.21. The van der Waals surface area contributed by atoms with E-state index in [-0.39, 0.29) is 0 Å². The van der Waals surface area contributed by atoms with Crippen molar-refractivity contribution in [3.63, 3.8) is 0 Å². The second-order valence-electron chi connectivity index (χ2n) is 4.24. The lowest BCUT2D eigenvalue weighted by molar-refractivity contribution is 0.296. The first kappa shape index (κ1) is 14.2. The molecule has 14 heavy (non-hydrogen) atoms. The third-order valence-corrected chi connectivity index (χ3v) is 7.73. The van der Waals surface area contributed by atoms with Gasteiger partial charge in [-0.25, -0.2) is 0 Å². The molecule has 1 unspecified atom stereocenters. The van der Waals surface area contributed by atoms with E-state index in [9.17, 15) is 0 Å². The van der Waals surface area contributed by atoms with Gasteiger partial charge in [-0.1, -0.05) is 47.0 Å². The first-order valence-corrected chi connectivity index (χ1v) is 8.91. The molecule has 0 aromatic rings. The van der Waals surface area contributed by atoms with Gasteiger partial charge in [-0.05, 0) is 24.6 Å². The van der Waals surface area contributed by atoms with E-state index in [2.05, 4.69) is 27.7 Å². The molecule has 0 bridgehead atoms. The van der Waals surface area contributed by atoms with Crippen molar-refractivity contribution < 1.29 is 4.43 Å². The van der Waals surface area contributed by atoms with Gasteiger partial charge in [0, 0.05) is 6.61 Å². The van der Waals surface area contributed by atoms with Crippen molar-refractivity contribution in [1.29, 1.82) is 0 Å². The quantitative estimate of drug-likeness (QED) is 0.512. The fourth-order valence-electron chi connectivity index (χ4n) is 2.00. The molecule has 0 radical (unpaired) electrons. The van der Waals surface area contributed by atoms with Crippen LogP contribution in [-0.2, 0) is 4.43 Å². The summed E-state index contributed by atoms with van der Waals surface area (Å²) in [6.45, 7) is 10.1. The molecule has 2 heteroatoms. The topological polar surface area (TPSA) is 9.23 Å². The lowest BCUT2D eigenvalue weighted by atomic mass is 10.4. The summed E-state index contributed by atoms with van der Waals surface area (Å²) in [5, 5.41) is 0. The fourth-order valence-corrected chi connectivity index (χ4v) is 5.99. The van der Waals surface area contributed by atoms with Crippen LogP contribution in [0.15, 0.2) is 0 Å². The van der Waals surface area contributed by atoms with Gasteiger partial charge in [0.15, 0.2) is 8.32 Å². The fraction of sp³-hybridized carbons (Fsp3) is 1.00. The molecule has 0 aliphatic carbocycles. The van der Waals surface area contributed by atoms with Crippen LogP contribution in [0.3, 0.4) is 0 Å². The van der Waals surface area contributed by atoms with E-state index in [1.807, 2.05) is 0 Å². The lowest BCUT2D eigenvalue weighted by Gasteiger charge is -2.30. The van der Waals surface area contributed by atoms with Crippen molar-refractivity contribution in [2.24, 2.45) is 0 Å². The molecule has 0 fully saturated rings. The highest BCUT2D eigenvalue weighted by molar-refractivity contribution is 6.73. The summed E-state index contributed by atoms with van der Waals surface area (Å²) in [5.74, 6) is 0. The highest BCUT2D eigenvalue weighted by Crippen LogP contribution is 2.26. The maximum absolute atomic E-state index is 6.21. The number of hydrogen-bond acceptors (Lipinski definition) is 1. The molecule has 0 saturated heterocycles. The standard InChI is InChI=1S/C12H28OSi/c1-5-9-12-14(8-4,11-7-3)13-10-6-2/h5-12H2,1-4H3. The van der Waals surface area contributed by atoms with Gasteiger partial charge in [-0.3, -0.25) is 0 Å². The third-order valence-electron chi connectivity index (χ3n) is 2.95. The molecule has 0 aromatic heterocycles. The van der Waals surface area contributed by atoms with E-state index < -0.39 is 8.32 Å². The Bertz CT molecular complexity index is 117. The van der Waals surface area contributed by atoms with Crippen molar-refractivity contribution in [2.75, 3.05) is 6.61 Å². The highest BCUT2D eigenvalue weighted by Gasteiger charge is 2.30. The zero-order valence-electron chi connectivity index (χ0n) is 10.6. The zero-order valence-corrected chi connectivity index (χ0v) is 11.6. The molecule has 0 rings (SSSR count). The Hall–Kier alpha value is 0.177. The van der Waals surface area contributed by atoms with E-state index in [4.69, 9.17) is 4.43 Å². The average molecular weight is 216 g/mol. The molecule has 0 amide bonds. The Kier molecular flexibility index (Phi) is 8.59. The molecule has 0 spiro atoms. The van der Waals surface area contributed by atoms with Gasteiger partial charge in [0.25, 0.3) is 0 Å². The molecule has 0 saturated carbocycles. The Balaban J connectivity index is 4.11. The molecule has 0 aliphatic rings. The summed E-state index contributed by atoms with van der Waals surface area (Å²) in [7, 11) is -1.31. The molecule has 0 aromatic carbocycles. The number of rotatable bonds is 9. The van der Waals surface area contributed by atoms with Gasteiger partial charge < -0.3 is 4.43 Å². The first-order chi connectivity index (χ1) is 6.74. The van der Waals surface area contributed by atoms with E-state index >= 15 is 0 Å². The van der Waals surface area contributed by atoms with E-state index in [0.717, 1.165) is 6.61 Å². The van der Waals surface area contributed by atoms with Crippen LogP contribution in [0.5, 0.6) is 0 Å². The van der Waals surface area contributed by atoms with Crippen LogP contribution in [0.2, 0.25) is 18.1 Å². The second kappa shape index (κ2) is 8.48. The van der Waals surface area contributed by atoms with Crippen LogP contribution in [0.1, 0.15) is 53.4 Å². The highest BCUT2D eigenvalue weighted by atomic mass is 28.4. The van der Waals surface area contributed by atoms with Gasteiger partial charge in [0.05, 0.1) is 0 Å². The van der Waals surface area contributed by atoms with Gasteiger partial charge in [-0.2, -0.15) is 0 Å². The molecular weight excluding hydrogens is 188 g/mol. The summed E-state index contributed by atoms with van der Waals surface area (Å²) in [6.07, 6.45) is 5.15. The molecule has 86 valence electrons. The van der Waals surface area contributed by atoms with Crippen molar-refractivity contribution >= 4 is 8.32 Å². The minimum atomic E-state index is -1.31. The van der Waals surface area contributed by atoms with Crippen molar-refractivity contribution in [1.82, 2.24) is 0 Å². The average Bonchev–Trinajstić information content (AvgIpc) is 2.22. The summed E-state index contributed by atoms with van der Waals surface area (Å²) < 4.78 is 6.21. The van der Waals surface area contributed by atoms with Gasteiger partial charge in [0.1, 0.15) is 0 Å². The van der Waals surface area contributed by atoms with Crippen molar-refractivity contribution in [2.45, 2.75) is 71.5 Å². The van der Waals surface area contributed by atoms with Crippen LogP contribution >= 0.6 is 0 Å². The van der Waals surface area contributed by atoms with Crippen LogP contribution in [0.25, 0.3) is 0 Å². The minimum Gasteiger partial charge on any atom is -0.417 e. The van der Waals surface area contributed by atoms with Crippen molar-refractivity contribution in [3.05, 3.63) is 0 Å². The number of hydrogen-bond donors (Lipinski definition) is 0. The first-order valence-electron chi connectivity index (χ1n) is 6.38. The lowest BCUT2D eigenvalue weighted by Crippen LogP contribution is -2.37. The van der Waals surface area contributed by atoms with Crippen LogP contribution in [-0.4, -0.2) is 14.9 Å². The van der Waals surface area contributed by atoms with E-state index in [1.165, 1.54) is 43.8 Å². The zero-order chi connectivity index (χ0) is 10.9. The Morgan fingerprint density at radius 2 is 1.57 bits per heavy atom. The SMILES string of the molecule is CCCC[Si](CC)(CCC)OCCC. The monoisotopic (exact) mass is 216 g/mol. The minimum absolute atomic E-state index is 0.990. The Morgan fingerprint density at radius 1 is 0.857 bits per heavy atom. The smallest absolute Gasteiger partial charge is 0.192 e. The molecule has 0 heterocycles. The molecular formula is C12H28OSi. The van der Waals surface area contributed by atoms with Crippen LogP contribution < -0.4 is 0 Å². The number of unbranched alkanes of at least 4 members (excludes halogenated alkanes) is 1. The van der Waals surface area contributed by atoms with E-state index in [1.54, 1.807) is 0 Å². The van der Waals surface area contributed by atoms with Gasteiger partial charge in [-0.15, -0.1) is 0 Å². The second-order valence-corrected chi connectivity index (χ2v) is 8.60. The van der Waals surface area contributed by atoms with Crippen LogP contribution in [0, 0.1) is 0 Å². The predicted octanol–water partition coefficient (Wildman–Crippen LogP) is 4.59. The Labute approximate surface area is 91.4 Å². The normalized spacial score (nSPS) is 15.4. The predicted molar refractivity (Wildman–Crippen MR) is 67.3 cm³/mol. The summed E-state index contributed by atoms with van der Waals surface area (Å²) in [6, 6.07) is 4.05. The molecule has 1 atom stereocenters. The molecule has 1 nitrogen and oxygen atoms in total. The van der Waals surface area contributed by atoms with E-state index in [0.29, 0.717) is 0 Å². The largest absolute Gasteiger partial charge is 0.417 e. The molecule has 0 N–H and O–H groups in total. The third kappa shape index (κ3) is 5.16.